The zero-order valence-corrected chi connectivity index (χ0v) is 23.8. The van der Waals surface area contributed by atoms with E-state index in [1.807, 2.05) is 17.8 Å². The number of ether oxygens (including phenoxy) is 4. The zero-order chi connectivity index (χ0) is 28.1. The van der Waals surface area contributed by atoms with Gasteiger partial charge in [0, 0.05) is 17.5 Å². The van der Waals surface area contributed by atoms with E-state index in [4.69, 9.17) is 18.9 Å². The maximum atomic E-state index is 14.9. The molecule has 1 aliphatic rings. The lowest BCUT2D eigenvalue weighted by atomic mass is 9.97. The predicted molar refractivity (Wildman–Crippen MR) is 148 cm³/mol. The molecule has 0 fully saturated rings. The standard InChI is InChI=1S/C29H36FNO6S/c1-18-16-38-17-20(18)10-8-19-9-12-24(25(14-19)35-27(33)37-29(5,6)7)34-23-13-11-21(15-22(23)30)31-26(32)36-28(2,3)4/h9,11-15,17-18H,8,10,16H2,1-7H3,(H,31,32). The minimum atomic E-state index is -0.889. The number of hydrogen-bond donors (Lipinski definition) is 1. The van der Waals surface area contributed by atoms with Crippen LogP contribution in [0, 0.1) is 11.7 Å². The van der Waals surface area contributed by atoms with E-state index in [1.54, 1.807) is 53.7 Å². The van der Waals surface area contributed by atoms with Crippen LogP contribution in [0.2, 0.25) is 0 Å². The molecule has 1 unspecified atom stereocenters. The number of carbonyl (C=O) groups is 2. The van der Waals surface area contributed by atoms with E-state index >= 15 is 0 Å². The summed E-state index contributed by atoms with van der Waals surface area (Å²) in [6.07, 6.45) is 0.0539. The molecule has 0 radical (unpaired) electrons. The average Bonchev–Trinajstić information content (AvgIpc) is 3.17. The van der Waals surface area contributed by atoms with Crippen LogP contribution in [-0.2, 0) is 15.9 Å². The third-order valence-electron chi connectivity index (χ3n) is 5.30. The van der Waals surface area contributed by atoms with Crippen LogP contribution in [-0.4, -0.2) is 29.2 Å². The van der Waals surface area contributed by atoms with E-state index in [-0.39, 0.29) is 22.9 Å². The molecular weight excluding hydrogens is 509 g/mol. The van der Waals surface area contributed by atoms with Gasteiger partial charge < -0.3 is 18.9 Å². The summed E-state index contributed by atoms with van der Waals surface area (Å²) in [5.74, 6) is 1.07. The highest BCUT2D eigenvalue weighted by Crippen LogP contribution is 2.36. The summed E-state index contributed by atoms with van der Waals surface area (Å²) in [7, 11) is 0. The van der Waals surface area contributed by atoms with Gasteiger partial charge in [0.05, 0.1) is 0 Å². The topological polar surface area (TPSA) is 83.1 Å². The van der Waals surface area contributed by atoms with Crippen molar-refractivity contribution in [3.8, 4) is 17.2 Å². The first-order valence-corrected chi connectivity index (χ1v) is 13.5. The molecule has 206 valence electrons. The van der Waals surface area contributed by atoms with Crippen molar-refractivity contribution < 1.29 is 32.9 Å². The highest BCUT2D eigenvalue weighted by molar-refractivity contribution is 8.02. The molecule has 0 aromatic heterocycles. The van der Waals surface area contributed by atoms with E-state index in [2.05, 4.69) is 17.6 Å². The molecule has 38 heavy (non-hydrogen) atoms. The van der Waals surface area contributed by atoms with Gasteiger partial charge in [0.1, 0.15) is 11.2 Å². The number of halogens is 1. The molecule has 2 aromatic rings. The fourth-order valence-corrected chi connectivity index (χ4v) is 4.71. The maximum absolute atomic E-state index is 14.9. The summed E-state index contributed by atoms with van der Waals surface area (Å²) in [6, 6.07) is 9.20. The smallest absolute Gasteiger partial charge is 0.450 e. The molecule has 7 nitrogen and oxygen atoms in total. The minimum absolute atomic E-state index is 0.108. The SMILES string of the molecule is CC1CSC=C1CCc1ccc(Oc2ccc(NC(=O)OC(C)(C)C)cc2F)c(OC(=O)OC(C)(C)C)c1. The molecule has 1 amide bonds. The van der Waals surface area contributed by atoms with Gasteiger partial charge in [0.15, 0.2) is 23.1 Å². The van der Waals surface area contributed by atoms with Crippen molar-refractivity contribution in [2.24, 2.45) is 5.92 Å². The van der Waals surface area contributed by atoms with Crippen molar-refractivity contribution in [1.82, 2.24) is 0 Å². The molecule has 3 rings (SSSR count). The van der Waals surface area contributed by atoms with Gasteiger partial charge in [-0.2, -0.15) is 0 Å². The second-order valence-corrected chi connectivity index (χ2v) is 12.1. The van der Waals surface area contributed by atoms with Gasteiger partial charge in [-0.3, -0.25) is 5.32 Å². The number of nitrogens with one attached hydrogen (secondary N) is 1. The zero-order valence-electron chi connectivity index (χ0n) is 23.0. The highest BCUT2D eigenvalue weighted by atomic mass is 32.2. The highest BCUT2D eigenvalue weighted by Gasteiger charge is 2.22. The van der Waals surface area contributed by atoms with Crippen LogP contribution in [0.1, 0.15) is 60.5 Å². The van der Waals surface area contributed by atoms with Crippen LogP contribution < -0.4 is 14.8 Å². The molecule has 2 aromatic carbocycles. The van der Waals surface area contributed by atoms with Gasteiger partial charge in [0.2, 0.25) is 0 Å². The number of aryl methyl sites for hydroxylation is 1. The summed E-state index contributed by atoms with van der Waals surface area (Å²) in [4.78, 5) is 24.4. The Balaban J connectivity index is 1.79. The molecule has 1 atom stereocenters. The average molecular weight is 546 g/mol. The van der Waals surface area contributed by atoms with Crippen LogP contribution in [0.3, 0.4) is 0 Å². The lowest BCUT2D eigenvalue weighted by Crippen LogP contribution is -2.27. The third-order valence-corrected chi connectivity index (χ3v) is 6.47. The van der Waals surface area contributed by atoms with Crippen molar-refractivity contribution in [3.63, 3.8) is 0 Å². The molecule has 1 N–H and O–H groups in total. The van der Waals surface area contributed by atoms with Gasteiger partial charge in [-0.05, 0) is 95.5 Å². The summed E-state index contributed by atoms with van der Waals surface area (Å²) in [5.41, 5.74) is 1.11. The third kappa shape index (κ3) is 9.28. The Morgan fingerprint density at radius 2 is 1.63 bits per heavy atom. The minimum Gasteiger partial charge on any atom is -0.450 e. The molecular formula is C29H36FNO6S. The van der Waals surface area contributed by atoms with Crippen LogP contribution in [0.15, 0.2) is 47.4 Å². The molecule has 1 heterocycles. The first-order valence-electron chi connectivity index (χ1n) is 12.5. The Morgan fingerprint density at radius 1 is 0.947 bits per heavy atom. The first-order chi connectivity index (χ1) is 17.7. The molecule has 1 aliphatic heterocycles. The second-order valence-electron chi connectivity index (χ2n) is 11.1. The van der Waals surface area contributed by atoms with E-state index in [0.717, 1.165) is 30.2 Å². The molecule has 0 saturated carbocycles. The summed E-state index contributed by atoms with van der Waals surface area (Å²) in [5, 5.41) is 4.70. The molecule has 0 saturated heterocycles. The predicted octanol–water partition coefficient (Wildman–Crippen LogP) is 8.48. The largest absolute Gasteiger partial charge is 0.514 e. The fourth-order valence-electron chi connectivity index (χ4n) is 3.55. The summed E-state index contributed by atoms with van der Waals surface area (Å²) < 4.78 is 36.7. The van der Waals surface area contributed by atoms with Gasteiger partial charge in [-0.1, -0.05) is 18.6 Å². The number of carbonyl (C=O) groups excluding carboxylic acids is 2. The van der Waals surface area contributed by atoms with E-state index < -0.39 is 29.3 Å². The van der Waals surface area contributed by atoms with Crippen molar-refractivity contribution in [2.45, 2.75) is 72.5 Å². The Labute approximate surface area is 228 Å². The van der Waals surface area contributed by atoms with Gasteiger partial charge in [0.25, 0.3) is 0 Å². The van der Waals surface area contributed by atoms with Crippen molar-refractivity contribution in [2.75, 3.05) is 11.1 Å². The number of benzene rings is 2. The Kier molecular flexibility index (Phi) is 9.35. The molecule has 0 aliphatic carbocycles. The molecule has 0 bridgehead atoms. The van der Waals surface area contributed by atoms with Crippen LogP contribution in [0.4, 0.5) is 19.7 Å². The maximum Gasteiger partial charge on any atom is 0.514 e. The monoisotopic (exact) mass is 545 g/mol. The van der Waals surface area contributed by atoms with Gasteiger partial charge >= 0.3 is 12.2 Å². The summed E-state index contributed by atoms with van der Waals surface area (Å²) in [6.45, 7) is 12.6. The van der Waals surface area contributed by atoms with Crippen molar-refractivity contribution >= 4 is 29.7 Å². The number of amides is 1. The molecule has 0 spiro atoms. The van der Waals surface area contributed by atoms with E-state index in [0.29, 0.717) is 5.92 Å². The quantitative estimate of drug-likeness (QED) is 0.276. The van der Waals surface area contributed by atoms with Gasteiger partial charge in [-0.15, -0.1) is 11.8 Å². The molecule has 9 heteroatoms. The normalized spacial score (nSPS) is 15.5. The van der Waals surface area contributed by atoms with Crippen LogP contribution >= 0.6 is 11.8 Å². The van der Waals surface area contributed by atoms with Crippen molar-refractivity contribution in [3.05, 3.63) is 58.8 Å². The van der Waals surface area contributed by atoms with Crippen molar-refractivity contribution in [1.29, 1.82) is 0 Å². The number of anilines is 1. The van der Waals surface area contributed by atoms with E-state index in [9.17, 15) is 14.0 Å². The van der Waals surface area contributed by atoms with Crippen LogP contribution in [0.5, 0.6) is 17.2 Å². The number of hydrogen-bond acceptors (Lipinski definition) is 7. The van der Waals surface area contributed by atoms with E-state index in [1.165, 1.54) is 17.7 Å². The lowest BCUT2D eigenvalue weighted by Gasteiger charge is -2.20. The number of rotatable bonds is 7. The summed E-state index contributed by atoms with van der Waals surface area (Å²) >= 11 is 1.82. The Hall–Kier alpha value is -3.20. The van der Waals surface area contributed by atoms with Crippen LogP contribution in [0.25, 0.3) is 0 Å². The first kappa shape index (κ1) is 29.4. The Morgan fingerprint density at radius 3 is 2.24 bits per heavy atom. The number of allylic oxidation sites excluding steroid dienone is 1. The fraction of sp³-hybridized carbons (Fsp3) is 0.448. The second kappa shape index (κ2) is 12.1. The lowest BCUT2D eigenvalue weighted by molar-refractivity contribution is 0.0201. The van der Waals surface area contributed by atoms with Gasteiger partial charge in [-0.25, -0.2) is 14.0 Å². The number of thioether (sulfide) groups is 1. The Bertz CT molecular complexity index is 1200.